The summed E-state index contributed by atoms with van der Waals surface area (Å²) < 4.78 is 59.8. The summed E-state index contributed by atoms with van der Waals surface area (Å²) in [4.78, 5) is -0.0479. The lowest BCUT2D eigenvalue weighted by atomic mass is 10.3. The normalized spacial score (nSPS) is 11.0. The SMILES string of the molecule is COc1cc(S(=O)(=O)Nc2ccc(Cl)cc2)ccc1NC(=S)Nc1ccc(F)cc1F. The number of halogens is 3. The van der Waals surface area contributed by atoms with Gasteiger partial charge in [-0.25, -0.2) is 17.2 Å². The van der Waals surface area contributed by atoms with Crippen LogP contribution in [0, 0.1) is 11.6 Å². The number of nitrogens with one attached hydrogen (secondary N) is 3. The maximum Gasteiger partial charge on any atom is 0.262 e. The van der Waals surface area contributed by atoms with Gasteiger partial charge in [0.25, 0.3) is 10.0 Å². The summed E-state index contributed by atoms with van der Waals surface area (Å²) >= 11 is 11.0. The van der Waals surface area contributed by atoms with Gasteiger partial charge in [-0.3, -0.25) is 4.72 Å². The van der Waals surface area contributed by atoms with Crippen LogP contribution in [0.15, 0.2) is 65.6 Å². The Morgan fingerprint density at radius 3 is 2.26 bits per heavy atom. The van der Waals surface area contributed by atoms with Gasteiger partial charge in [-0.05, 0) is 60.7 Å². The predicted octanol–water partition coefficient (Wildman–Crippen LogP) is 5.24. The van der Waals surface area contributed by atoms with Gasteiger partial charge in [0.2, 0.25) is 0 Å². The zero-order valence-corrected chi connectivity index (χ0v) is 18.3. The van der Waals surface area contributed by atoms with E-state index in [1.54, 1.807) is 12.1 Å². The molecule has 0 fully saturated rings. The first-order valence-electron chi connectivity index (χ1n) is 8.67. The van der Waals surface area contributed by atoms with Crippen LogP contribution in [0.2, 0.25) is 5.02 Å². The standard InChI is InChI=1S/C20H16ClF2N3O3S2/c1-29-19-11-15(31(27,28)26-14-5-2-12(21)3-6-14)7-9-18(19)25-20(30)24-17-8-4-13(22)10-16(17)23/h2-11,26H,1H3,(H2,24,25,30). The van der Waals surface area contributed by atoms with E-state index in [1.165, 1.54) is 43.5 Å². The van der Waals surface area contributed by atoms with Crippen LogP contribution < -0.4 is 20.1 Å². The Hall–Kier alpha value is -2.95. The minimum Gasteiger partial charge on any atom is -0.495 e. The number of rotatable bonds is 6. The molecule has 0 aromatic heterocycles. The number of sulfonamides is 1. The molecule has 0 saturated carbocycles. The maximum absolute atomic E-state index is 13.8. The van der Waals surface area contributed by atoms with Crippen molar-refractivity contribution in [2.75, 3.05) is 22.5 Å². The van der Waals surface area contributed by atoms with Gasteiger partial charge in [-0.1, -0.05) is 11.6 Å². The van der Waals surface area contributed by atoms with Crippen LogP contribution in [0.1, 0.15) is 0 Å². The highest BCUT2D eigenvalue weighted by Gasteiger charge is 2.17. The van der Waals surface area contributed by atoms with Crippen molar-refractivity contribution in [1.29, 1.82) is 0 Å². The average Bonchev–Trinajstić information content (AvgIpc) is 2.72. The van der Waals surface area contributed by atoms with Crippen molar-refractivity contribution < 1.29 is 21.9 Å². The Morgan fingerprint density at radius 2 is 1.61 bits per heavy atom. The van der Waals surface area contributed by atoms with Crippen molar-refractivity contribution in [2.45, 2.75) is 4.90 Å². The van der Waals surface area contributed by atoms with Crippen LogP contribution in [-0.2, 0) is 10.0 Å². The second kappa shape index (κ2) is 9.46. The number of ether oxygens (including phenoxy) is 1. The quantitative estimate of drug-likeness (QED) is 0.416. The number of hydrogen-bond donors (Lipinski definition) is 3. The zero-order chi connectivity index (χ0) is 22.6. The van der Waals surface area contributed by atoms with E-state index in [2.05, 4.69) is 15.4 Å². The smallest absolute Gasteiger partial charge is 0.262 e. The Balaban J connectivity index is 1.77. The van der Waals surface area contributed by atoms with E-state index < -0.39 is 21.7 Å². The molecule has 0 atom stereocenters. The van der Waals surface area contributed by atoms with Gasteiger partial charge in [-0.2, -0.15) is 0 Å². The summed E-state index contributed by atoms with van der Waals surface area (Å²) in [6.07, 6.45) is 0. The molecule has 0 unspecified atom stereocenters. The van der Waals surface area contributed by atoms with Crippen molar-refractivity contribution in [3.8, 4) is 5.75 Å². The lowest BCUT2D eigenvalue weighted by molar-refractivity contribution is 0.415. The predicted molar refractivity (Wildman–Crippen MR) is 121 cm³/mol. The molecule has 6 nitrogen and oxygen atoms in total. The highest BCUT2D eigenvalue weighted by Crippen LogP contribution is 2.29. The van der Waals surface area contributed by atoms with E-state index in [-0.39, 0.29) is 21.4 Å². The van der Waals surface area contributed by atoms with Gasteiger partial charge in [0.05, 0.1) is 23.4 Å². The molecule has 0 aliphatic heterocycles. The van der Waals surface area contributed by atoms with Crippen molar-refractivity contribution >= 4 is 56.0 Å². The maximum atomic E-state index is 13.8. The van der Waals surface area contributed by atoms with Gasteiger partial charge in [0, 0.05) is 22.8 Å². The molecular formula is C20H16ClF2N3O3S2. The summed E-state index contributed by atoms with van der Waals surface area (Å²) in [5, 5.41) is 5.87. The van der Waals surface area contributed by atoms with Crippen LogP contribution in [-0.4, -0.2) is 20.6 Å². The number of thiocarbonyl (C=S) groups is 1. The zero-order valence-electron chi connectivity index (χ0n) is 15.9. The van der Waals surface area contributed by atoms with Crippen molar-refractivity contribution in [3.05, 3.63) is 77.3 Å². The molecular weight excluding hydrogens is 468 g/mol. The van der Waals surface area contributed by atoms with E-state index in [1.807, 2.05) is 0 Å². The molecule has 0 radical (unpaired) electrons. The van der Waals surface area contributed by atoms with E-state index in [0.29, 0.717) is 16.4 Å². The first kappa shape index (κ1) is 22.7. The molecule has 0 saturated heterocycles. The highest BCUT2D eigenvalue weighted by atomic mass is 35.5. The van der Waals surface area contributed by atoms with Crippen molar-refractivity contribution in [1.82, 2.24) is 0 Å². The first-order chi connectivity index (χ1) is 14.7. The third-order valence-corrected chi connectivity index (χ3v) is 5.84. The first-order valence-corrected chi connectivity index (χ1v) is 10.9. The van der Waals surface area contributed by atoms with Gasteiger partial charge < -0.3 is 15.4 Å². The van der Waals surface area contributed by atoms with Gasteiger partial charge in [0.15, 0.2) is 5.11 Å². The monoisotopic (exact) mass is 483 g/mol. The highest BCUT2D eigenvalue weighted by molar-refractivity contribution is 7.92. The van der Waals surface area contributed by atoms with E-state index >= 15 is 0 Å². The molecule has 11 heteroatoms. The Bertz CT molecular complexity index is 1220. The van der Waals surface area contributed by atoms with Crippen molar-refractivity contribution in [2.24, 2.45) is 0 Å². The Labute approximate surface area is 188 Å². The summed E-state index contributed by atoms with van der Waals surface area (Å²) in [6.45, 7) is 0. The number of hydrogen-bond acceptors (Lipinski definition) is 4. The van der Waals surface area contributed by atoms with Gasteiger partial charge in [-0.15, -0.1) is 0 Å². The lowest BCUT2D eigenvalue weighted by Crippen LogP contribution is -2.20. The van der Waals surface area contributed by atoms with E-state index in [9.17, 15) is 17.2 Å². The fraction of sp³-hybridized carbons (Fsp3) is 0.0500. The fourth-order valence-electron chi connectivity index (χ4n) is 2.54. The van der Waals surface area contributed by atoms with Crippen LogP contribution in [0.3, 0.4) is 0 Å². The molecule has 0 heterocycles. The second-order valence-electron chi connectivity index (χ2n) is 6.18. The van der Waals surface area contributed by atoms with E-state index in [4.69, 9.17) is 28.6 Å². The molecule has 3 aromatic rings. The van der Waals surface area contributed by atoms with Gasteiger partial charge in [0.1, 0.15) is 17.4 Å². The molecule has 3 rings (SSSR count). The summed E-state index contributed by atoms with van der Waals surface area (Å²) in [5.74, 6) is -1.35. The summed E-state index contributed by atoms with van der Waals surface area (Å²) in [6, 6.07) is 13.3. The molecule has 0 aliphatic carbocycles. The minimum atomic E-state index is -3.90. The third-order valence-electron chi connectivity index (χ3n) is 4.01. The molecule has 0 spiro atoms. The number of benzene rings is 3. The third kappa shape index (κ3) is 5.81. The largest absolute Gasteiger partial charge is 0.495 e. The summed E-state index contributed by atoms with van der Waals surface area (Å²) in [5.41, 5.74) is 0.662. The van der Waals surface area contributed by atoms with Crippen LogP contribution in [0.4, 0.5) is 25.8 Å². The minimum absolute atomic E-state index is 0.00120. The lowest BCUT2D eigenvalue weighted by Gasteiger charge is -2.15. The molecule has 3 N–H and O–H groups in total. The van der Waals surface area contributed by atoms with Crippen LogP contribution in [0.5, 0.6) is 5.75 Å². The van der Waals surface area contributed by atoms with E-state index in [0.717, 1.165) is 12.1 Å². The van der Waals surface area contributed by atoms with Gasteiger partial charge >= 0.3 is 0 Å². The molecule has 162 valence electrons. The molecule has 0 bridgehead atoms. The molecule has 31 heavy (non-hydrogen) atoms. The number of anilines is 3. The van der Waals surface area contributed by atoms with Crippen molar-refractivity contribution in [3.63, 3.8) is 0 Å². The Kier molecular flexibility index (Phi) is 6.94. The molecule has 0 amide bonds. The summed E-state index contributed by atoms with van der Waals surface area (Å²) in [7, 11) is -2.54. The van der Waals surface area contributed by atoms with Crippen LogP contribution >= 0.6 is 23.8 Å². The number of methoxy groups -OCH3 is 1. The fourth-order valence-corrected chi connectivity index (χ4v) is 3.96. The average molecular weight is 484 g/mol. The molecule has 0 aliphatic rings. The Morgan fingerprint density at radius 1 is 0.968 bits per heavy atom. The van der Waals surface area contributed by atoms with Crippen LogP contribution in [0.25, 0.3) is 0 Å². The second-order valence-corrected chi connectivity index (χ2v) is 8.70. The molecule has 3 aromatic carbocycles. The topological polar surface area (TPSA) is 79.5 Å².